The molecule has 1 fully saturated rings. The summed E-state index contributed by atoms with van der Waals surface area (Å²) in [4.78, 5) is 26.5. The number of nitrogens with zero attached hydrogens (tertiary/aromatic N) is 5. The molecule has 1 aliphatic heterocycles. The minimum Gasteiger partial charge on any atom is -0.366 e. The van der Waals surface area contributed by atoms with Crippen molar-refractivity contribution < 1.29 is 4.79 Å². The molecule has 10 heteroatoms. The van der Waals surface area contributed by atoms with Crippen LogP contribution < -0.4 is 4.90 Å². The molecule has 1 aromatic carbocycles. The summed E-state index contributed by atoms with van der Waals surface area (Å²) in [7, 11) is 0. The van der Waals surface area contributed by atoms with Gasteiger partial charge in [-0.2, -0.15) is 5.10 Å². The zero-order chi connectivity index (χ0) is 22.8. The lowest BCUT2D eigenvalue weighted by Crippen LogP contribution is -2.52. The number of carbonyl (C=O) groups is 1. The van der Waals surface area contributed by atoms with Gasteiger partial charge in [-0.25, -0.2) is 9.97 Å². The van der Waals surface area contributed by atoms with Crippen molar-refractivity contribution in [1.29, 1.82) is 0 Å². The van der Waals surface area contributed by atoms with Crippen molar-refractivity contribution in [2.75, 3.05) is 31.1 Å². The van der Waals surface area contributed by atoms with E-state index in [1.54, 1.807) is 6.20 Å². The molecule has 1 atom stereocenters. The van der Waals surface area contributed by atoms with Crippen molar-refractivity contribution in [2.24, 2.45) is 0 Å². The van der Waals surface area contributed by atoms with Crippen molar-refractivity contribution in [3.8, 4) is 11.5 Å². The molecule has 1 unspecified atom stereocenters. The second kappa shape index (κ2) is 10.8. The maximum absolute atomic E-state index is 13.0. The highest BCUT2D eigenvalue weighted by atomic mass is 35.5. The number of Topliss-reactive ketones (excluding diaryl/α,β-unsaturated/α-hetero) is 1. The van der Waals surface area contributed by atoms with Gasteiger partial charge in [0.05, 0.1) is 15.6 Å². The van der Waals surface area contributed by atoms with E-state index >= 15 is 0 Å². The van der Waals surface area contributed by atoms with Gasteiger partial charge < -0.3 is 4.90 Å². The van der Waals surface area contributed by atoms with E-state index < -0.39 is 0 Å². The number of carbonyl (C=O) groups excluding carboxylic acids is 1. The molecule has 7 nitrogen and oxygen atoms in total. The Morgan fingerprint density at radius 2 is 1.85 bits per heavy atom. The second-order valence-electron chi connectivity index (χ2n) is 8.24. The summed E-state index contributed by atoms with van der Waals surface area (Å²) in [6.07, 6.45) is 2.06. The molecule has 0 bridgehead atoms. The quantitative estimate of drug-likeness (QED) is 0.471. The van der Waals surface area contributed by atoms with E-state index in [2.05, 4.69) is 36.9 Å². The van der Waals surface area contributed by atoms with Gasteiger partial charge in [0.2, 0.25) is 0 Å². The van der Waals surface area contributed by atoms with Gasteiger partial charge in [-0.3, -0.25) is 14.8 Å². The number of hydrogen-bond acceptors (Lipinski definition) is 6. The van der Waals surface area contributed by atoms with Crippen LogP contribution in [-0.2, 0) is 0 Å². The van der Waals surface area contributed by atoms with Gasteiger partial charge in [0, 0.05) is 61.9 Å². The van der Waals surface area contributed by atoms with Crippen LogP contribution in [0.4, 0.5) is 5.69 Å². The standard InChI is InChI=1S/C23H26Cl2N6O.ClH/c1-14-10-15(2)28-23(27-14)22-18(12-26-29-22)21(32)6-7-30-8-9-31(16(3)13-30)17-4-5-19(24)20(25)11-17;/h4-5,10-12,16H,6-9,13H2,1-3H3,(H,26,29);1H. The van der Waals surface area contributed by atoms with Gasteiger partial charge in [-0.15, -0.1) is 12.4 Å². The fourth-order valence-corrected chi connectivity index (χ4v) is 4.47. The van der Waals surface area contributed by atoms with Crippen molar-refractivity contribution >= 4 is 47.1 Å². The zero-order valence-corrected chi connectivity index (χ0v) is 21.1. The molecule has 1 aliphatic rings. The summed E-state index contributed by atoms with van der Waals surface area (Å²) in [6, 6.07) is 7.94. The molecule has 0 radical (unpaired) electrons. The van der Waals surface area contributed by atoms with E-state index in [0.29, 0.717) is 46.1 Å². The van der Waals surface area contributed by atoms with Crippen molar-refractivity contribution in [3.05, 3.63) is 57.5 Å². The Morgan fingerprint density at radius 3 is 2.52 bits per heavy atom. The van der Waals surface area contributed by atoms with Gasteiger partial charge in [0.15, 0.2) is 11.6 Å². The number of halogens is 3. The molecule has 1 N–H and O–H groups in total. The van der Waals surface area contributed by atoms with Gasteiger partial charge in [-0.05, 0) is 45.0 Å². The van der Waals surface area contributed by atoms with Gasteiger partial charge >= 0.3 is 0 Å². The van der Waals surface area contributed by atoms with Crippen LogP contribution in [0.2, 0.25) is 10.0 Å². The summed E-state index contributed by atoms with van der Waals surface area (Å²) >= 11 is 12.2. The molecule has 2 aromatic heterocycles. The van der Waals surface area contributed by atoms with E-state index in [9.17, 15) is 4.79 Å². The average molecular weight is 510 g/mol. The summed E-state index contributed by atoms with van der Waals surface area (Å²) in [6.45, 7) is 9.29. The lowest BCUT2D eigenvalue weighted by atomic mass is 10.1. The number of rotatable bonds is 6. The third-order valence-electron chi connectivity index (χ3n) is 5.74. The highest BCUT2D eigenvalue weighted by molar-refractivity contribution is 6.42. The third kappa shape index (κ3) is 5.84. The highest BCUT2D eigenvalue weighted by Gasteiger charge is 2.25. The second-order valence-corrected chi connectivity index (χ2v) is 9.05. The van der Waals surface area contributed by atoms with Crippen LogP contribution in [0.5, 0.6) is 0 Å². The molecule has 0 spiro atoms. The van der Waals surface area contributed by atoms with E-state index in [4.69, 9.17) is 23.2 Å². The van der Waals surface area contributed by atoms with Crippen molar-refractivity contribution in [3.63, 3.8) is 0 Å². The predicted molar refractivity (Wildman–Crippen MR) is 135 cm³/mol. The number of nitrogens with one attached hydrogen (secondary N) is 1. The van der Waals surface area contributed by atoms with Crippen LogP contribution in [-0.4, -0.2) is 63.1 Å². The first-order chi connectivity index (χ1) is 15.3. The Balaban J connectivity index is 0.00000306. The molecule has 3 aromatic rings. The Morgan fingerprint density at radius 1 is 1.12 bits per heavy atom. The minimum absolute atomic E-state index is 0. The molecule has 1 saturated heterocycles. The third-order valence-corrected chi connectivity index (χ3v) is 6.48. The lowest BCUT2D eigenvalue weighted by Gasteiger charge is -2.41. The fourth-order valence-electron chi connectivity index (χ4n) is 4.18. The fraction of sp³-hybridized carbons (Fsp3) is 0.391. The highest BCUT2D eigenvalue weighted by Crippen LogP contribution is 2.29. The number of H-pyrrole nitrogens is 1. The Hall–Kier alpha value is -2.19. The molecular formula is C23H27Cl3N6O. The maximum Gasteiger partial charge on any atom is 0.181 e. The van der Waals surface area contributed by atoms with Crippen LogP contribution in [0.3, 0.4) is 0 Å². The molecule has 0 saturated carbocycles. The zero-order valence-electron chi connectivity index (χ0n) is 18.8. The average Bonchev–Trinajstić information content (AvgIpc) is 3.24. The number of aromatic nitrogens is 4. The summed E-state index contributed by atoms with van der Waals surface area (Å²) < 4.78 is 0. The molecule has 0 aliphatic carbocycles. The maximum atomic E-state index is 13.0. The van der Waals surface area contributed by atoms with Crippen molar-refractivity contribution in [1.82, 2.24) is 25.1 Å². The first-order valence-electron chi connectivity index (χ1n) is 10.7. The molecule has 176 valence electrons. The summed E-state index contributed by atoms with van der Waals surface area (Å²) in [5.41, 5.74) is 3.82. The minimum atomic E-state index is 0. The lowest BCUT2D eigenvalue weighted by molar-refractivity contribution is 0.0959. The van der Waals surface area contributed by atoms with E-state index in [0.717, 1.165) is 36.7 Å². The molecular weight excluding hydrogens is 483 g/mol. The monoisotopic (exact) mass is 508 g/mol. The summed E-state index contributed by atoms with van der Waals surface area (Å²) in [5.74, 6) is 0.520. The van der Waals surface area contributed by atoms with Crippen LogP contribution in [0, 0.1) is 13.8 Å². The summed E-state index contributed by atoms with van der Waals surface area (Å²) in [5, 5.41) is 8.17. The van der Waals surface area contributed by atoms with Crippen LogP contribution in [0.25, 0.3) is 11.5 Å². The molecule has 4 rings (SSSR count). The van der Waals surface area contributed by atoms with Crippen LogP contribution >= 0.6 is 35.6 Å². The topological polar surface area (TPSA) is 78.0 Å². The van der Waals surface area contributed by atoms with E-state index in [1.165, 1.54) is 0 Å². The largest absolute Gasteiger partial charge is 0.366 e. The number of piperazine rings is 1. The van der Waals surface area contributed by atoms with Crippen LogP contribution in [0.15, 0.2) is 30.5 Å². The van der Waals surface area contributed by atoms with E-state index in [1.807, 2.05) is 38.1 Å². The SMILES string of the molecule is Cc1cc(C)nc(-c2n[nH]cc2C(=O)CCN2CCN(c3ccc(Cl)c(Cl)c3)C(C)C2)n1.Cl. The normalized spacial score (nSPS) is 16.5. The number of aryl methyl sites for hydroxylation is 2. The Labute approximate surface area is 209 Å². The van der Waals surface area contributed by atoms with Gasteiger partial charge in [0.1, 0.15) is 5.69 Å². The number of ketones is 1. The van der Waals surface area contributed by atoms with Crippen LogP contribution in [0.1, 0.15) is 35.1 Å². The number of hydrogen-bond donors (Lipinski definition) is 1. The Kier molecular flexibility index (Phi) is 8.34. The van der Waals surface area contributed by atoms with Gasteiger partial charge in [0.25, 0.3) is 0 Å². The number of aromatic amines is 1. The van der Waals surface area contributed by atoms with E-state index in [-0.39, 0.29) is 18.2 Å². The Bertz CT molecular complexity index is 1110. The predicted octanol–water partition coefficient (Wildman–Crippen LogP) is 5.00. The smallest absolute Gasteiger partial charge is 0.181 e. The first-order valence-corrected chi connectivity index (χ1v) is 11.4. The van der Waals surface area contributed by atoms with Gasteiger partial charge in [-0.1, -0.05) is 23.2 Å². The molecule has 0 amide bonds. The first kappa shape index (κ1) is 25.4. The molecule has 3 heterocycles. The number of benzene rings is 1. The van der Waals surface area contributed by atoms with Crippen molar-refractivity contribution in [2.45, 2.75) is 33.2 Å². The molecule has 33 heavy (non-hydrogen) atoms. The number of anilines is 1.